The summed E-state index contributed by atoms with van der Waals surface area (Å²) in [5.74, 6) is -0.0315. The van der Waals surface area contributed by atoms with Crippen LogP contribution < -0.4 is 10.6 Å². The van der Waals surface area contributed by atoms with Gasteiger partial charge in [0.05, 0.1) is 11.6 Å². The Kier molecular flexibility index (Phi) is 4.55. The number of nitrogens with one attached hydrogen (secondary N) is 2. The highest BCUT2D eigenvalue weighted by atomic mass is 19.2. The van der Waals surface area contributed by atoms with E-state index in [-0.39, 0.29) is 5.95 Å². The number of hydrogen-bond acceptors (Lipinski definition) is 8. The predicted octanol–water partition coefficient (Wildman–Crippen LogP) is 2.73. The zero-order valence-corrected chi connectivity index (χ0v) is 15.1. The van der Waals surface area contributed by atoms with Crippen molar-refractivity contribution < 1.29 is 13.3 Å². The average molecular weight is 386 g/mol. The van der Waals surface area contributed by atoms with Gasteiger partial charge in [-0.3, -0.25) is 4.68 Å². The second-order valence-electron chi connectivity index (χ2n) is 6.07. The van der Waals surface area contributed by atoms with E-state index in [1.807, 2.05) is 0 Å². The number of rotatable bonds is 6. The molecule has 9 nitrogen and oxygen atoms in total. The van der Waals surface area contributed by atoms with Crippen molar-refractivity contribution in [3.8, 4) is 0 Å². The highest BCUT2D eigenvalue weighted by Gasteiger charge is 2.13. The van der Waals surface area contributed by atoms with Crippen LogP contribution in [0.4, 0.5) is 26.2 Å². The van der Waals surface area contributed by atoms with Gasteiger partial charge < -0.3 is 15.2 Å². The van der Waals surface area contributed by atoms with Gasteiger partial charge in [-0.25, -0.2) is 8.78 Å². The van der Waals surface area contributed by atoms with Crippen LogP contribution in [0.25, 0.3) is 11.0 Å². The van der Waals surface area contributed by atoms with Gasteiger partial charge in [0.15, 0.2) is 23.1 Å². The van der Waals surface area contributed by atoms with E-state index < -0.39 is 11.6 Å². The second-order valence-corrected chi connectivity index (χ2v) is 6.07. The molecule has 28 heavy (non-hydrogen) atoms. The molecule has 0 spiro atoms. The fourth-order valence-electron chi connectivity index (χ4n) is 2.65. The van der Waals surface area contributed by atoms with Gasteiger partial charge in [0.1, 0.15) is 5.82 Å². The van der Waals surface area contributed by atoms with Crippen LogP contribution in [-0.2, 0) is 13.5 Å². The lowest BCUT2D eigenvalue weighted by atomic mass is 10.3. The van der Waals surface area contributed by atoms with Gasteiger partial charge in [0, 0.05) is 31.8 Å². The normalized spacial score (nSPS) is 11.1. The Morgan fingerprint density at radius 1 is 1.14 bits per heavy atom. The Morgan fingerprint density at radius 3 is 2.75 bits per heavy atom. The lowest BCUT2D eigenvalue weighted by Gasteiger charge is -2.10. The van der Waals surface area contributed by atoms with Gasteiger partial charge in [0.25, 0.3) is 0 Å². The number of halogens is 2. The number of fused-ring (bicyclic) bond motifs is 1. The number of hydrogen-bond donors (Lipinski definition) is 2. The van der Waals surface area contributed by atoms with Crippen LogP contribution in [0, 0.1) is 18.6 Å². The highest BCUT2D eigenvalue weighted by Crippen LogP contribution is 2.24. The molecule has 0 aliphatic heterocycles. The lowest BCUT2D eigenvalue weighted by molar-refractivity contribution is 0.377. The molecule has 0 atom stereocenters. The van der Waals surface area contributed by atoms with Crippen molar-refractivity contribution in [2.45, 2.75) is 13.3 Å². The van der Waals surface area contributed by atoms with Crippen LogP contribution in [0.3, 0.4) is 0 Å². The standard InChI is InChI=1S/C17H16F2N8O/c1-9-22-14(28-26-9)5-6-20-15-11-8-21-27(2)16(11)25-17(24-15)23-10-3-4-12(18)13(19)7-10/h3-4,7-8H,5-6H2,1-2H3,(H2,20,23,24,25). The summed E-state index contributed by atoms with van der Waals surface area (Å²) < 4.78 is 33.3. The van der Waals surface area contributed by atoms with Crippen molar-refractivity contribution in [3.63, 3.8) is 0 Å². The van der Waals surface area contributed by atoms with Crippen molar-refractivity contribution in [2.75, 3.05) is 17.2 Å². The molecule has 0 aliphatic rings. The summed E-state index contributed by atoms with van der Waals surface area (Å²) in [6.07, 6.45) is 2.16. The molecule has 0 saturated heterocycles. The van der Waals surface area contributed by atoms with Crippen LogP contribution >= 0.6 is 0 Å². The molecule has 3 aromatic heterocycles. The van der Waals surface area contributed by atoms with E-state index in [2.05, 4.69) is 35.8 Å². The SMILES string of the molecule is Cc1noc(CCNc2nc(Nc3ccc(F)c(F)c3)nc3c2cnn3C)n1. The topological polar surface area (TPSA) is 107 Å². The first-order valence-corrected chi connectivity index (χ1v) is 8.44. The van der Waals surface area contributed by atoms with E-state index in [0.717, 1.165) is 17.5 Å². The molecule has 0 fully saturated rings. The van der Waals surface area contributed by atoms with E-state index in [1.165, 1.54) is 6.07 Å². The summed E-state index contributed by atoms with van der Waals surface area (Å²) in [7, 11) is 1.75. The number of nitrogens with zero attached hydrogens (tertiary/aromatic N) is 6. The van der Waals surface area contributed by atoms with Crippen LogP contribution in [-0.4, -0.2) is 36.4 Å². The van der Waals surface area contributed by atoms with Gasteiger partial charge in [-0.15, -0.1) is 0 Å². The van der Waals surface area contributed by atoms with E-state index in [4.69, 9.17) is 4.52 Å². The molecular formula is C17H16F2N8O. The Morgan fingerprint density at radius 2 is 2.00 bits per heavy atom. The molecule has 0 saturated carbocycles. The molecule has 1 aromatic carbocycles. The fourth-order valence-corrected chi connectivity index (χ4v) is 2.65. The zero-order valence-electron chi connectivity index (χ0n) is 15.1. The first-order chi connectivity index (χ1) is 13.5. The van der Waals surface area contributed by atoms with E-state index in [9.17, 15) is 8.78 Å². The molecular weight excluding hydrogens is 370 g/mol. The minimum Gasteiger partial charge on any atom is -0.369 e. The third-order valence-corrected chi connectivity index (χ3v) is 3.97. The molecule has 4 rings (SSSR count). The number of anilines is 3. The Balaban J connectivity index is 1.58. The highest BCUT2D eigenvalue weighted by molar-refractivity contribution is 5.87. The van der Waals surface area contributed by atoms with E-state index >= 15 is 0 Å². The molecule has 2 N–H and O–H groups in total. The maximum Gasteiger partial charge on any atom is 0.231 e. The minimum atomic E-state index is -0.959. The summed E-state index contributed by atoms with van der Waals surface area (Å²) in [5.41, 5.74) is 0.906. The Labute approximate surface area is 157 Å². The maximum absolute atomic E-state index is 13.5. The second kappa shape index (κ2) is 7.18. The minimum absolute atomic E-state index is 0.221. The van der Waals surface area contributed by atoms with Crippen molar-refractivity contribution in [2.24, 2.45) is 7.05 Å². The molecule has 0 amide bonds. The summed E-state index contributed by atoms with van der Waals surface area (Å²) in [6, 6.07) is 3.48. The van der Waals surface area contributed by atoms with Gasteiger partial charge in [-0.05, 0) is 19.1 Å². The Bertz CT molecular complexity index is 1140. The predicted molar refractivity (Wildman–Crippen MR) is 97.2 cm³/mol. The van der Waals surface area contributed by atoms with Crippen molar-refractivity contribution >= 4 is 28.5 Å². The molecule has 11 heteroatoms. The van der Waals surface area contributed by atoms with Gasteiger partial charge in [-0.1, -0.05) is 5.16 Å². The van der Waals surface area contributed by atoms with E-state index in [1.54, 1.807) is 24.9 Å². The zero-order chi connectivity index (χ0) is 19.7. The van der Waals surface area contributed by atoms with Crippen molar-refractivity contribution in [1.29, 1.82) is 0 Å². The van der Waals surface area contributed by atoms with Gasteiger partial charge >= 0.3 is 0 Å². The smallest absolute Gasteiger partial charge is 0.231 e. The van der Waals surface area contributed by atoms with Crippen LogP contribution in [0.15, 0.2) is 28.9 Å². The van der Waals surface area contributed by atoms with Crippen LogP contribution in [0.1, 0.15) is 11.7 Å². The van der Waals surface area contributed by atoms with Crippen LogP contribution in [0.5, 0.6) is 0 Å². The quantitative estimate of drug-likeness (QED) is 0.521. The summed E-state index contributed by atoms with van der Waals surface area (Å²) in [4.78, 5) is 13.0. The monoisotopic (exact) mass is 386 g/mol. The molecule has 4 aromatic rings. The number of aromatic nitrogens is 6. The number of aryl methyl sites for hydroxylation is 2. The van der Waals surface area contributed by atoms with Crippen molar-refractivity contribution in [3.05, 3.63) is 47.7 Å². The molecule has 144 valence electrons. The maximum atomic E-state index is 13.5. The lowest BCUT2D eigenvalue weighted by Crippen LogP contribution is -2.09. The fraction of sp³-hybridized carbons (Fsp3) is 0.235. The molecule has 0 aliphatic carbocycles. The summed E-state index contributed by atoms with van der Waals surface area (Å²) in [5, 5.41) is 14.7. The average Bonchev–Trinajstić information content (AvgIpc) is 3.24. The van der Waals surface area contributed by atoms with Crippen molar-refractivity contribution in [1.82, 2.24) is 29.9 Å². The largest absolute Gasteiger partial charge is 0.369 e. The molecule has 3 heterocycles. The first-order valence-electron chi connectivity index (χ1n) is 8.44. The number of benzene rings is 1. The van der Waals surface area contributed by atoms with Crippen LogP contribution in [0.2, 0.25) is 0 Å². The summed E-state index contributed by atoms with van der Waals surface area (Å²) in [6.45, 7) is 2.24. The van der Waals surface area contributed by atoms with E-state index in [0.29, 0.717) is 41.8 Å². The van der Waals surface area contributed by atoms with Gasteiger partial charge in [-0.2, -0.15) is 20.1 Å². The molecule has 0 unspecified atom stereocenters. The third kappa shape index (κ3) is 3.59. The third-order valence-electron chi connectivity index (χ3n) is 3.97. The molecule has 0 radical (unpaired) electrons. The van der Waals surface area contributed by atoms with Gasteiger partial charge in [0.2, 0.25) is 11.8 Å². The first kappa shape index (κ1) is 17.8. The Hall–Kier alpha value is -3.63. The summed E-state index contributed by atoms with van der Waals surface area (Å²) >= 11 is 0. The molecule has 0 bridgehead atoms.